The van der Waals surface area contributed by atoms with Crippen LogP contribution in [0.3, 0.4) is 0 Å². The molecule has 1 atom stereocenters. The molecule has 0 saturated heterocycles. The highest BCUT2D eigenvalue weighted by Crippen LogP contribution is 2.41. The molecule has 174 valence electrons. The van der Waals surface area contributed by atoms with Crippen LogP contribution in [0.1, 0.15) is 56.4 Å². The fraction of sp³-hybridized carbons (Fsp3) is 0.423. The van der Waals surface area contributed by atoms with Crippen LogP contribution in [0, 0.1) is 10.1 Å². The molecule has 6 nitrogen and oxygen atoms in total. The Morgan fingerprint density at radius 3 is 2.61 bits per heavy atom. The summed E-state index contributed by atoms with van der Waals surface area (Å²) in [5, 5.41) is 12.4. The van der Waals surface area contributed by atoms with Crippen molar-refractivity contribution in [2.24, 2.45) is 0 Å². The fourth-order valence-corrected chi connectivity index (χ4v) is 7.76. The van der Waals surface area contributed by atoms with Gasteiger partial charge in [0.1, 0.15) is 12.4 Å². The van der Waals surface area contributed by atoms with E-state index in [1.54, 1.807) is 18.2 Å². The second-order valence-electron chi connectivity index (χ2n) is 8.79. The number of aromatic nitrogens is 1. The molecule has 4 rings (SSSR count). The molecule has 0 radical (unpaired) electrons. The smallest absolute Gasteiger partial charge is 0.276 e. The molecule has 7 heteroatoms. The number of benzene rings is 2. The predicted molar refractivity (Wildman–Crippen MR) is 133 cm³/mol. The van der Waals surface area contributed by atoms with E-state index in [2.05, 4.69) is 20.8 Å². The number of nitro benzene ring substituents is 1. The number of pyridine rings is 1. The molecular formula is C26H32N2O4Si. The van der Waals surface area contributed by atoms with Crippen molar-refractivity contribution in [3.63, 3.8) is 0 Å². The Morgan fingerprint density at radius 1 is 1.12 bits per heavy atom. The molecule has 0 N–H and O–H groups in total. The lowest BCUT2D eigenvalue weighted by molar-refractivity contribution is -0.385. The number of nitrogens with zero attached hydrogens (tertiary/aromatic N) is 2. The van der Waals surface area contributed by atoms with Gasteiger partial charge in [0.15, 0.2) is 8.32 Å². The van der Waals surface area contributed by atoms with E-state index < -0.39 is 8.32 Å². The number of rotatable bonds is 9. The van der Waals surface area contributed by atoms with E-state index in [4.69, 9.17) is 14.1 Å². The maximum Gasteiger partial charge on any atom is 0.276 e. The summed E-state index contributed by atoms with van der Waals surface area (Å²) < 4.78 is 13.0. The number of para-hydroxylation sites is 1. The highest BCUT2D eigenvalue weighted by Gasteiger charge is 2.35. The number of aryl methyl sites for hydroxylation is 1. The van der Waals surface area contributed by atoms with Gasteiger partial charge in [-0.1, -0.05) is 32.9 Å². The first-order chi connectivity index (χ1) is 16.0. The zero-order valence-electron chi connectivity index (χ0n) is 19.7. The van der Waals surface area contributed by atoms with E-state index >= 15 is 0 Å². The van der Waals surface area contributed by atoms with E-state index in [1.807, 2.05) is 24.4 Å². The summed E-state index contributed by atoms with van der Waals surface area (Å²) in [6.45, 7) is 6.94. The normalized spacial score (nSPS) is 15.9. The summed E-state index contributed by atoms with van der Waals surface area (Å²) >= 11 is 0. The Kier molecular flexibility index (Phi) is 7.10. The zero-order chi connectivity index (χ0) is 23.4. The van der Waals surface area contributed by atoms with Crippen LogP contribution in [0.5, 0.6) is 5.75 Å². The van der Waals surface area contributed by atoms with Gasteiger partial charge in [0.25, 0.3) is 5.69 Å². The van der Waals surface area contributed by atoms with Gasteiger partial charge in [-0.25, -0.2) is 0 Å². The Morgan fingerprint density at radius 2 is 1.88 bits per heavy atom. The van der Waals surface area contributed by atoms with Crippen LogP contribution in [0.4, 0.5) is 5.69 Å². The van der Waals surface area contributed by atoms with Crippen molar-refractivity contribution in [3.8, 4) is 5.75 Å². The number of fused-ring (bicyclic) bond motifs is 3. The molecule has 0 amide bonds. The van der Waals surface area contributed by atoms with Gasteiger partial charge in [-0.3, -0.25) is 15.1 Å². The highest BCUT2D eigenvalue weighted by molar-refractivity contribution is 6.73. The maximum atomic E-state index is 11.3. The summed E-state index contributed by atoms with van der Waals surface area (Å²) in [6, 6.07) is 16.0. The average molecular weight is 465 g/mol. The summed E-state index contributed by atoms with van der Waals surface area (Å²) in [4.78, 5) is 15.6. The lowest BCUT2D eigenvalue weighted by atomic mass is 9.88. The average Bonchev–Trinajstić information content (AvgIpc) is 2.86. The van der Waals surface area contributed by atoms with Crippen molar-refractivity contribution in [1.29, 1.82) is 0 Å². The molecule has 1 aliphatic carbocycles. The van der Waals surface area contributed by atoms with Gasteiger partial charge in [-0.15, -0.1) is 0 Å². The summed E-state index contributed by atoms with van der Waals surface area (Å²) in [7, 11) is -1.77. The van der Waals surface area contributed by atoms with E-state index in [9.17, 15) is 10.1 Å². The monoisotopic (exact) mass is 464 g/mol. The third-order valence-electron chi connectivity index (χ3n) is 7.11. The van der Waals surface area contributed by atoms with Crippen LogP contribution >= 0.6 is 0 Å². The van der Waals surface area contributed by atoms with E-state index in [0.717, 1.165) is 48.3 Å². The van der Waals surface area contributed by atoms with Crippen LogP contribution in [0.2, 0.25) is 18.1 Å². The lowest BCUT2D eigenvalue weighted by Crippen LogP contribution is -2.38. The van der Waals surface area contributed by atoms with Crippen LogP contribution in [0.15, 0.2) is 48.7 Å². The SMILES string of the molecule is CC[Si](CC)(CC)OC1CCCc2cnc3ccc(OCc4ccccc4[N+](=O)[O-])cc3c21. The third-order valence-corrected chi connectivity index (χ3v) is 11.8. The van der Waals surface area contributed by atoms with Crippen LogP contribution < -0.4 is 4.74 Å². The molecule has 2 aromatic carbocycles. The van der Waals surface area contributed by atoms with Crippen LogP contribution in [0.25, 0.3) is 10.9 Å². The fourth-order valence-electron chi connectivity index (χ4n) is 4.92. The van der Waals surface area contributed by atoms with Crippen molar-refractivity contribution in [3.05, 3.63) is 75.5 Å². The van der Waals surface area contributed by atoms with Gasteiger partial charge in [0, 0.05) is 17.6 Å². The van der Waals surface area contributed by atoms with Gasteiger partial charge in [-0.05, 0) is 72.8 Å². The summed E-state index contributed by atoms with van der Waals surface area (Å²) in [5.41, 5.74) is 4.09. The maximum absolute atomic E-state index is 11.3. The standard InChI is InChI=1S/C26H32N2O4Si/c1-4-33(5-2,6-3)32-25-13-9-11-19-17-27-23-15-14-21(16-22(23)26(19)25)31-18-20-10-7-8-12-24(20)28(29)30/h7-8,10,12,14-17,25H,4-6,9,11,13,18H2,1-3H3. The minimum absolute atomic E-state index is 0.0748. The van der Waals surface area contributed by atoms with Crippen LogP contribution in [-0.2, 0) is 17.5 Å². The van der Waals surface area contributed by atoms with Gasteiger partial charge < -0.3 is 9.16 Å². The molecule has 0 fully saturated rings. The van der Waals surface area contributed by atoms with Crippen molar-refractivity contribution in [2.45, 2.75) is 70.9 Å². The Balaban J connectivity index is 1.67. The molecule has 0 saturated carbocycles. The number of ether oxygens (including phenoxy) is 1. The predicted octanol–water partition coefficient (Wildman–Crippen LogP) is 7.12. The van der Waals surface area contributed by atoms with Gasteiger partial charge >= 0.3 is 0 Å². The van der Waals surface area contributed by atoms with Crippen molar-refractivity contribution in [1.82, 2.24) is 4.98 Å². The van der Waals surface area contributed by atoms with Crippen molar-refractivity contribution >= 4 is 24.9 Å². The number of hydrogen-bond acceptors (Lipinski definition) is 5. The topological polar surface area (TPSA) is 74.5 Å². The van der Waals surface area contributed by atoms with E-state index in [0.29, 0.717) is 11.3 Å². The summed E-state index contributed by atoms with van der Waals surface area (Å²) in [5.74, 6) is 0.685. The molecule has 0 aliphatic heterocycles. The minimum Gasteiger partial charge on any atom is -0.489 e. The minimum atomic E-state index is -1.77. The molecule has 1 aromatic heterocycles. The quantitative estimate of drug-likeness (QED) is 0.191. The third kappa shape index (κ3) is 4.79. The first-order valence-electron chi connectivity index (χ1n) is 11.9. The molecular weight excluding hydrogens is 432 g/mol. The molecule has 1 heterocycles. The Hall–Kier alpha value is -2.77. The summed E-state index contributed by atoms with van der Waals surface area (Å²) in [6.07, 6.45) is 5.26. The number of hydrogen-bond donors (Lipinski definition) is 0. The Bertz CT molecular complexity index is 1140. The molecule has 3 aromatic rings. The molecule has 1 aliphatic rings. The van der Waals surface area contributed by atoms with Crippen molar-refractivity contribution < 1.29 is 14.1 Å². The highest BCUT2D eigenvalue weighted by atomic mass is 28.4. The number of nitro groups is 1. The van der Waals surface area contributed by atoms with Gasteiger partial charge in [-0.2, -0.15) is 0 Å². The largest absolute Gasteiger partial charge is 0.489 e. The van der Waals surface area contributed by atoms with E-state index in [-0.39, 0.29) is 23.3 Å². The first-order valence-corrected chi connectivity index (χ1v) is 14.5. The zero-order valence-corrected chi connectivity index (χ0v) is 20.7. The molecule has 1 unspecified atom stereocenters. The Labute approximate surface area is 196 Å². The first kappa shape index (κ1) is 23.4. The van der Waals surface area contributed by atoms with Crippen molar-refractivity contribution in [2.75, 3.05) is 0 Å². The second kappa shape index (κ2) is 10.0. The molecule has 0 bridgehead atoms. The van der Waals surface area contributed by atoms with Gasteiger partial charge in [0.2, 0.25) is 0 Å². The van der Waals surface area contributed by atoms with Crippen LogP contribution in [-0.4, -0.2) is 18.2 Å². The second-order valence-corrected chi connectivity index (χ2v) is 13.5. The molecule has 0 spiro atoms. The van der Waals surface area contributed by atoms with E-state index in [1.165, 1.54) is 17.2 Å². The van der Waals surface area contributed by atoms with Gasteiger partial charge in [0.05, 0.1) is 22.1 Å². The molecule has 33 heavy (non-hydrogen) atoms. The lowest BCUT2D eigenvalue weighted by Gasteiger charge is -2.36.